The number of carbonyl (C=O) groups is 2. The predicted molar refractivity (Wildman–Crippen MR) is 123 cm³/mol. The van der Waals surface area contributed by atoms with Crippen LogP contribution in [0.5, 0.6) is 0 Å². The van der Waals surface area contributed by atoms with E-state index >= 15 is 0 Å². The van der Waals surface area contributed by atoms with Gasteiger partial charge in [0.25, 0.3) is 0 Å². The van der Waals surface area contributed by atoms with Crippen LogP contribution in [-0.2, 0) is 22.5 Å². The number of ether oxygens (including phenoxy) is 1. The van der Waals surface area contributed by atoms with Gasteiger partial charge in [-0.25, -0.2) is 9.59 Å². The molecule has 0 aliphatic carbocycles. The number of anilines is 3. The minimum atomic E-state index is -1.40. The summed E-state index contributed by atoms with van der Waals surface area (Å²) in [6.07, 6.45) is 1.91. The van der Waals surface area contributed by atoms with Gasteiger partial charge in [-0.1, -0.05) is 24.3 Å². The quantitative estimate of drug-likeness (QED) is 0.431. The summed E-state index contributed by atoms with van der Waals surface area (Å²) in [5.74, 6) is -0.518. The molecule has 0 saturated carbocycles. The minimum Gasteiger partial charge on any atom is -0.588 e. The molecule has 0 radical (unpaired) electrons. The summed E-state index contributed by atoms with van der Waals surface area (Å²) in [5, 5.41) is 8.65. The zero-order chi connectivity index (χ0) is 21.8. The molecule has 7 nitrogen and oxygen atoms in total. The van der Waals surface area contributed by atoms with Gasteiger partial charge in [0, 0.05) is 22.5 Å². The Hall–Kier alpha value is -3.01. The molecule has 0 spiro atoms. The van der Waals surface area contributed by atoms with Gasteiger partial charge in [0.15, 0.2) is 4.90 Å². The largest absolute Gasteiger partial charge is 0.588 e. The Morgan fingerprint density at radius 1 is 1.13 bits per heavy atom. The second-order valence-electron chi connectivity index (χ2n) is 6.88. The zero-order valence-electron chi connectivity index (χ0n) is 16.8. The average molecular weight is 456 g/mol. The summed E-state index contributed by atoms with van der Waals surface area (Å²) in [7, 11) is 1.29. The van der Waals surface area contributed by atoms with Gasteiger partial charge in [-0.15, -0.1) is 11.3 Å². The van der Waals surface area contributed by atoms with Crippen LogP contribution in [0, 0.1) is 0 Å². The number of hydrogen-bond donors (Lipinski definition) is 2. The molecule has 0 bridgehead atoms. The first-order valence-corrected chi connectivity index (χ1v) is 11.7. The van der Waals surface area contributed by atoms with E-state index in [2.05, 4.69) is 16.7 Å². The summed E-state index contributed by atoms with van der Waals surface area (Å²) >= 11 is -0.111. The number of para-hydroxylation sites is 1. The van der Waals surface area contributed by atoms with Gasteiger partial charge >= 0.3 is 12.0 Å². The summed E-state index contributed by atoms with van der Waals surface area (Å²) in [5.41, 5.74) is 3.34. The number of aryl methyl sites for hydroxylation is 1. The Bertz CT molecular complexity index is 1100. The Labute approximate surface area is 187 Å². The lowest BCUT2D eigenvalue weighted by molar-refractivity contribution is 0.0602. The Morgan fingerprint density at radius 2 is 1.97 bits per heavy atom. The number of esters is 1. The monoisotopic (exact) mass is 455 g/mol. The van der Waals surface area contributed by atoms with Crippen LogP contribution in [0.4, 0.5) is 21.9 Å². The number of amides is 2. The molecule has 2 aromatic carbocycles. The van der Waals surface area contributed by atoms with E-state index in [0.29, 0.717) is 28.4 Å². The average Bonchev–Trinajstić information content (AvgIpc) is 3.25. The standard InChI is InChI=1S/C22H21N3O4S2/c1-29-21(26)18-13-30-14-19(18)24-22(27)23-16-8-4-9-17(12-16)31(28)25-11-5-7-15-6-2-3-10-20(15)25/h2-4,6,8-10,12-14H,5,7,11H2,1H3,(H2,23,24,27). The van der Waals surface area contributed by atoms with Gasteiger partial charge in [-0.3, -0.25) is 0 Å². The van der Waals surface area contributed by atoms with Crippen LogP contribution in [0.25, 0.3) is 0 Å². The molecule has 2 N–H and O–H groups in total. The van der Waals surface area contributed by atoms with Crippen LogP contribution < -0.4 is 14.9 Å². The summed E-state index contributed by atoms with van der Waals surface area (Å²) in [6, 6.07) is 14.4. The summed E-state index contributed by atoms with van der Waals surface area (Å²) in [4.78, 5) is 24.8. The molecule has 160 valence electrons. The third-order valence-corrected chi connectivity index (χ3v) is 7.06. The smallest absolute Gasteiger partial charge is 0.340 e. The molecular formula is C22H21N3O4S2. The van der Waals surface area contributed by atoms with Crippen LogP contribution in [-0.4, -0.2) is 30.2 Å². The van der Waals surface area contributed by atoms with Crippen LogP contribution >= 0.6 is 11.3 Å². The van der Waals surface area contributed by atoms with Gasteiger partial charge in [0.1, 0.15) is 11.4 Å². The molecule has 2 amide bonds. The summed E-state index contributed by atoms with van der Waals surface area (Å²) in [6.45, 7) is 0.705. The first-order chi connectivity index (χ1) is 15.1. The van der Waals surface area contributed by atoms with Crippen molar-refractivity contribution in [2.24, 2.45) is 0 Å². The number of methoxy groups -OCH3 is 1. The molecule has 0 fully saturated rings. The van der Waals surface area contributed by atoms with Crippen LogP contribution in [0.15, 0.2) is 64.2 Å². The highest BCUT2D eigenvalue weighted by Crippen LogP contribution is 2.32. The third-order valence-electron chi connectivity index (χ3n) is 4.88. The molecule has 31 heavy (non-hydrogen) atoms. The number of nitrogens with one attached hydrogen (secondary N) is 2. The highest BCUT2D eigenvalue weighted by Gasteiger charge is 2.28. The fourth-order valence-corrected chi connectivity index (χ4v) is 5.51. The van der Waals surface area contributed by atoms with E-state index in [1.807, 2.05) is 22.5 Å². The van der Waals surface area contributed by atoms with Gasteiger partial charge in [-0.05, 0) is 36.6 Å². The number of urea groups is 1. The Balaban J connectivity index is 1.47. The van der Waals surface area contributed by atoms with Gasteiger partial charge in [-0.2, -0.15) is 4.31 Å². The molecule has 1 unspecified atom stereocenters. The molecule has 9 heteroatoms. The van der Waals surface area contributed by atoms with Crippen LogP contribution in [0.1, 0.15) is 22.3 Å². The number of hydrogen-bond acceptors (Lipinski definition) is 6. The molecule has 1 aliphatic rings. The SMILES string of the molecule is COC(=O)c1cscc1NC(=O)Nc1cccc([S+]([O-])N2CCCc3ccccc32)c1. The fourth-order valence-electron chi connectivity index (χ4n) is 3.43. The Kier molecular flexibility index (Phi) is 6.45. The van der Waals surface area contributed by atoms with Gasteiger partial charge in [0.05, 0.1) is 30.6 Å². The van der Waals surface area contributed by atoms with E-state index in [-0.39, 0.29) is 0 Å². The fraction of sp³-hybridized carbons (Fsp3) is 0.182. The van der Waals surface area contributed by atoms with E-state index in [9.17, 15) is 14.1 Å². The number of benzene rings is 2. The normalized spacial score (nSPS) is 13.8. The van der Waals surface area contributed by atoms with Crippen molar-refractivity contribution in [3.05, 3.63) is 70.4 Å². The first-order valence-electron chi connectivity index (χ1n) is 9.66. The molecule has 2 heterocycles. The van der Waals surface area contributed by atoms with Gasteiger partial charge in [0.2, 0.25) is 0 Å². The lowest BCUT2D eigenvalue weighted by Gasteiger charge is -2.30. The van der Waals surface area contributed by atoms with Crippen molar-refractivity contribution in [1.82, 2.24) is 0 Å². The van der Waals surface area contributed by atoms with E-state index in [1.54, 1.807) is 35.0 Å². The number of thiophene rings is 1. The maximum absolute atomic E-state index is 13.3. The second kappa shape index (κ2) is 9.42. The molecule has 1 aliphatic heterocycles. The molecular weight excluding hydrogens is 434 g/mol. The molecule has 4 rings (SSSR count). The van der Waals surface area contributed by atoms with Crippen molar-refractivity contribution in [2.75, 3.05) is 28.6 Å². The van der Waals surface area contributed by atoms with Crippen molar-refractivity contribution >= 4 is 51.8 Å². The number of nitrogens with zero attached hydrogens (tertiary/aromatic N) is 1. The molecule has 1 aromatic heterocycles. The molecule has 0 saturated heterocycles. The number of carbonyl (C=O) groups excluding carboxylic acids is 2. The van der Waals surface area contributed by atoms with E-state index < -0.39 is 23.4 Å². The second-order valence-corrected chi connectivity index (χ2v) is 9.04. The maximum atomic E-state index is 13.3. The minimum absolute atomic E-state index is 0.293. The van der Waals surface area contributed by atoms with Crippen molar-refractivity contribution in [1.29, 1.82) is 0 Å². The molecule has 1 atom stereocenters. The van der Waals surface area contributed by atoms with E-state index in [4.69, 9.17) is 4.74 Å². The lowest BCUT2D eigenvalue weighted by Crippen LogP contribution is -2.35. The van der Waals surface area contributed by atoms with Gasteiger partial charge < -0.3 is 19.9 Å². The van der Waals surface area contributed by atoms with Crippen molar-refractivity contribution < 1.29 is 18.9 Å². The topological polar surface area (TPSA) is 93.7 Å². The van der Waals surface area contributed by atoms with Crippen molar-refractivity contribution in [2.45, 2.75) is 17.7 Å². The number of rotatable bonds is 5. The third kappa shape index (κ3) is 4.68. The first kappa shape index (κ1) is 21.2. The Morgan fingerprint density at radius 3 is 2.81 bits per heavy atom. The highest BCUT2D eigenvalue weighted by atomic mass is 32.2. The van der Waals surface area contributed by atoms with Crippen molar-refractivity contribution in [3.8, 4) is 0 Å². The van der Waals surface area contributed by atoms with E-state index in [0.717, 1.165) is 18.5 Å². The van der Waals surface area contributed by atoms with E-state index in [1.165, 1.54) is 24.0 Å². The summed E-state index contributed by atoms with van der Waals surface area (Å²) < 4.78 is 19.9. The zero-order valence-corrected chi connectivity index (χ0v) is 18.4. The van der Waals surface area contributed by atoms with Crippen molar-refractivity contribution in [3.63, 3.8) is 0 Å². The van der Waals surface area contributed by atoms with Crippen LogP contribution in [0.3, 0.4) is 0 Å². The number of fused-ring (bicyclic) bond motifs is 1. The highest BCUT2D eigenvalue weighted by molar-refractivity contribution is 7.92. The lowest BCUT2D eigenvalue weighted by atomic mass is 10.0. The van der Waals surface area contributed by atoms with Crippen LogP contribution in [0.2, 0.25) is 0 Å². The maximum Gasteiger partial charge on any atom is 0.340 e. The predicted octanol–water partition coefficient (Wildman–Crippen LogP) is 4.65. The molecule has 3 aromatic rings.